The van der Waals surface area contributed by atoms with Gasteiger partial charge in [-0.3, -0.25) is 4.79 Å². The first-order chi connectivity index (χ1) is 8.31. The molecule has 4 nitrogen and oxygen atoms in total. The van der Waals surface area contributed by atoms with E-state index in [9.17, 15) is 4.79 Å². The van der Waals surface area contributed by atoms with E-state index in [1.165, 1.54) is 0 Å². The van der Waals surface area contributed by atoms with E-state index in [1.54, 1.807) is 0 Å². The van der Waals surface area contributed by atoms with Gasteiger partial charge in [0.15, 0.2) is 0 Å². The number of pyridine rings is 1. The van der Waals surface area contributed by atoms with Crippen LogP contribution in [0, 0.1) is 0 Å². The fraction of sp³-hybridized carbons (Fsp3) is 0.308. The normalized spacial score (nSPS) is 10.6. The van der Waals surface area contributed by atoms with Crippen molar-refractivity contribution in [2.75, 3.05) is 25.1 Å². The van der Waals surface area contributed by atoms with Crippen molar-refractivity contribution in [3.63, 3.8) is 0 Å². The molecule has 90 valence electrons. The third-order valence-electron chi connectivity index (χ3n) is 2.52. The summed E-state index contributed by atoms with van der Waals surface area (Å²) >= 11 is 0. The first-order valence-corrected chi connectivity index (χ1v) is 5.75. The highest BCUT2D eigenvalue weighted by molar-refractivity contribution is 5.83. The molecular weight excluding hydrogens is 216 g/mol. The number of hydrogen-bond donors (Lipinski definition) is 2. The molecule has 0 atom stereocenters. The number of nitrogens with one attached hydrogen (secondary N) is 2. The second-order valence-corrected chi connectivity index (χ2v) is 3.72. The Kier molecular flexibility index (Phi) is 3.77. The predicted octanol–water partition coefficient (Wildman–Crippen LogP) is 1.98. The topological polar surface area (TPSA) is 54.1 Å². The van der Waals surface area contributed by atoms with Crippen molar-refractivity contribution >= 4 is 16.6 Å². The number of aromatic amines is 1. The van der Waals surface area contributed by atoms with E-state index in [0.717, 1.165) is 11.2 Å². The number of aromatic nitrogens is 1. The quantitative estimate of drug-likeness (QED) is 0.775. The van der Waals surface area contributed by atoms with Gasteiger partial charge < -0.3 is 15.0 Å². The molecule has 0 saturated carbocycles. The number of H-pyrrole nitrogens is 1. The van der Waals surface area contributed by atoms with E-state index in [-0.39, 0.29) is 5.56 Å². The smallest absolute Gasteiger partial charge is 0.257 e. The molecule has 17 heavy (non-hydrogen) atoms. The lowest BCUT2D eigenvalue weighted by atomic mass is 10.2. The SMILES string of the molecule is CCOCCNc1cc2ccccc2c(=O)[nH]1. The highest BCUT2D eigenvalue weighted by atomic mass is 16.5. The van der Waals surface area contributed by atoms with E-state index in [4.69, 9.17) is 4.74 Å². The Morgan fingerprint density at radius 1 is 1.35 bits per heavy atom. The third kappa shape index (κ3) is 2.85. The van der Waals surface area contributed by atoms with Crippen LogP contribution in [0.3, 0.4) is 0 Å². The minimum absolute atomic E-state index is 0.0676. The second-order valence-electron chi connectivity index (χ2n) is 3.72. The van der Waals surface area contributed by atoms with Gasteiger partial charge in [-0.25, -0.2) is 0 Å². The van der Waals surface area contributed by atoms with Gasteiger partial charge in [-0.1, -0.05) is 18.2 Å². The Balaban J connectivity index is 2.16. The average molecular weight is 232 g/mol. The summed E-state index contributed by atoms with van der Waals surface area (Å²) in [6, 6.07) is 9.46. The van der Waals surface area contributed by atoms with Crippen LogP contribution in [0.25, 0.3) is 10.8 Å². The Bertz CT molecular complexity index is 548. The van der Waals surface area contributed by atoms with Crippen molar-refractivity contribution in [2.24, 2.45) is 0 Å². The van der Waals surface area contributed by atoms with Crippen molar-refractivity contribution in [1.82, 2.24) is 4.98 Å². The van der Waals surface area contributed by atoms with Gasteiger partial charge in [-0.05, 0) is 24.4 Å². The molecule has 0 radical (unpaired) electrons. The van der Waals surface area contributed by atoms with E-state index in [0.29, 0.717) is 25.1 Å². The van der Waals surface area contributed by atoms with Crippen LogP contribution in [0.1, 0.15) is 6.92 Å². The van der Waals surface area contributed by atoms with Crippen LogP contribution in [0.5, 0.6) is 0 Å². The number of hydrogen-bond acceptors (Lipinski definition) is 3. The molecule has 0 saturated heterocycles. The summed E-state index contributed by atoms with van der Waals surface area (Å²) in [5.41, 5.74) is -0.0676. The number of ether oxygens (including phenoxy) is 1. The highest BCUT2D eigenvalue weighted by Gasteiger charge is 2.00. The Labute approximate surface area is 99.6 Å². The van der Waals surface area contributed by atoms with Crippen LogP contribution in [0.15, 0.2) is 35.1 Å². The van der Waals surface area contributed by atoms with E-state index in [2.05, 4.69) is 10.3 Å². The van der Waals surface area contributed by atoms with Crippen molar-refractivity contribution in [2.45, 2.75) is 6.92 Å². The molecule has 2 rings (SSSR count). The molecule has 1 heterocycles. The first kappa shape index (κ1) is 11.7. The first-order valence-electron chi connectivity index (χ1n) is 5.75. The number of anilines is 1. The van der Waals surface area contributed by atoms with Crippen LogP contribution in [0.4, 0.5) is 5.82 Å². The maximum atomic E-state index is 11.8. The molecule has 0 aliphatic carbocycles. The minimum atomic E-state index is -0.0676. The number of benzene rings is 1. The van der Waals surface area contributed by atoms with Gasteiger partial charge in [0.1, 0.15) is 5.82 Å². The van der Waals surface area contributed by atoms with Gasteiger partial charge in [0.2, 0.25) is 0 Å². The zero-order valence-corrected chi connectivity index (χ0v) is 9.82. The van der Waals surface area contributed by atoms with Gasteiger partial charge in [-0.15, -0.1) is 0 Å². The van der Waals surface area contributed by atoms with Crippen molar-refractivity contribution in [1.29, 1.82) is 0 Å². The monoisotopic (exact) mass is 232 g/mol. The van der Waals surface area contributed by atoms with Crippen LogP contribution < -0.4 is 10.9 Å². The van der Waals surface area contributed by atoms with Gasteiger partial charge in [0.25, 0.3) is 5.56 Å². The number of fused-ring (bicyclic) bond motifs is 1. The molecule has 0 fully saturated rings. The van der Waals surface area contributed by atoms with E-state index >= 15 is 0 Å². The van der Waals surface area contributed by atoms with Gasteiger partial charge in [0, 0.05) is 18.5 Å². The summed E-state index contributed by atoms with van der Waals surface area (Å²) < 4.78 is 5.22. The van der Waals surface area contributed by atoms with E-state index in [1.807, 2.05) is 37.3 Å². The summed E-state index contributed by atoms with van der Waals surface area (Å²) in [7, 11) is 0. The van der Waals surface area contributed by atoms with Crippen molar-refractivity contribution < 1.29 is 4.74 Å². The highest BCUT2D eigenvalue weighted by Crippen LogP contribution is 2.12. The molecule has 2 N–H and O–H groups in total. The van der Waals surface area contributed by atoms with Crippen LogP contribution in [0.2, 0.25) is 0 Å². The molecular formula is C13H16N2O2. The lowest BCUT2D eigenvalue weighted by Crippen LogP contribution is -2.14. The Morgan fingerprint density at radius 2 is 2.18 bits per heavy atom. The zero-order chi connectivity index (χ0) is 12.1. The lowest BCUT2D eigenvalue weighted by molar-refractivity contribution is 0.158. The van der Waals surface area contributed by atoms with Crippen LogP contribution in [-0.4, -0.2) is 24.7 Å². The minimum Gasteiger partial charge on any atom is -0.380 e. The summed E-state index contributed by atoms with van der Waals surface area (Å²) in [6.45, 7) is 3.97. The molecule has 4 heteroatoms. The van der Waals surface area contributed by atoms with Crippen molar-refractivity contribution in [3.05, 3.63) is 40.7 Å². The summed E-state index contributed by atoms with van der Waals surface area (Å²) in [4.78, 5) is 14.6. The standard InChI is InChI=1S/C13H16N2O2/c1-2-17-8-7-14-12-9-10-5-3-4-6-11(10)13(16)15-12/h3-6,9H,2,7-8H2,1H3,(H2,14,15,16). The lowest BCUT2D eigenvalue weighted by Gasteiger charge is -2.07. The predicted molar refractivity (Wildman–Crippen MR) is 69.6 cm³/mol. The summed E-state index contributed by atoms with van der Waals surface area (Å²) in [6.07, 6.45) is 0. The maximum absolute atomic E-state index is 11.8. The number of rotatable bonds is 5. The molecule has 0 spiro atoms. The zero-order valence-electron chi connectivity index (χ0n) is 9.82. The third-order valence-corrected chi connectivity index (χ3v) is 2.52. The van der Waals surface area contributed by atoms with Crippen molar-refractivity contribution in [3.8, 4) is 0 Å². The molecule has 2 aromatic rings. The fourth-order valence-electron chi connectivity index (χ4n) is 1.71. The fourth-order valence-corrected chi connectivity index (χ4v) is 1.71. The van der Waals surface area contributed by atoms with Gasteiger partial charge in [0.05, 0.1) is 6.61 Å². The summed E-state index contributed by atoms with van der Waals surface area (Å²) in [5.74, 6) is 0.730. The second kappa shape index (κ2) is 5.50. The summed E-state index contributed by atoms with van der Waals surface area (Å²) in [5, 5.41) is 4.78. The molecule has 1 aromatic carbocycles. The molecule has 1 aromatic heterocycles. The van der Waals surface area contributed by atoms with Crippen LogP contribution >= 0.6 is 0 Å². The molecule has 0 aliphatic rings. The molecule has 0 amide bonds. The van der Waals surface area contributed by atoms with E-state index < -0.39 is 0 Å². The molecule has 0 bridgehead atoms. The Hall–Kier alpha value is -1.81. The average Bonchev–Trinajstić information content (AvgIpc) is 2.35. The molecule has 0 aliphatic heterocycles. The molecule has 0 unspecified atom stereocenters. The van der Waals surface area contributed by atoms with Gasteiger partial charge >= 0.3 is 0 Å². The van der Waals surface area contributed by atoms with Gasteiger partial charge in [-0.2, -0.15) is 0 Å². The largest absolute Gasteiger partial charge is 0.380 e. The maximum Gasteiger partial charge on any atom is 0.257 e. The van der Waals surface area contributed by atoms with Crippen LogP contribution in [-0.2, 0) is 4.74 Å². The Morgan fingerprint density at radius 3 is 3.00 bits per heavy atom.